The third kappa shape index (κ3) is 4.15. The molecule has 2 aromatic carbocycles. The van der Waals surface area contributed by atoms with Gasteiger partial charge in [0.2, 0.25) is 0 Å². The Morgan fingerprint density at radius 1 is 0.909 bits per heavy atom. The van der Waals surface area contributed by atoms with E-state index in [1.54, 1.807) is 22.9 Å². The normalized spacial score (nSPS) is 11.2. The fraction of sp³-hybridized carbons (Fsp3) is 0.148. The number of pyridine rings is 1. The molecule has 33 heavy (non-hydrogen) atoms. The van der Waals surface area contributed by atoms with Crippen LogP contribution in [0.5, 0.6) is 0 Å². The number of aromatic nitrogens is 3. The monoisotopic (exact) mass is 436 g/mol. The number of hydrogen-bond acceptors (Lipinski definition) is 3. The molecule has 0 saturated heterocycles. The van der Waals surface area contributed by atoms with Crippen molar-refractivity contribution in [2.24, 2.45) is 0 Å². The van der Waals surface area contributed by atoms with Gasteiger partial charge in [0, 0.05) is 24.5 Å². The summed E-state index contributed by atoms with van der Waals surface area (Å²) in [6.07, 6.45) is 4.35. The Balaban J connectivity index is 1.31. The van der Waals surface area contributed by atoms with Crippen LogP contribution in [0.4, 0.5) is 0 Å². The van der Waals surface area contributed by atoms with Gasteiger partial charge in [-0.25, -0.2) is 4.98 Å². The van der Waals surface area contributed by atoms with Gasteiger partial charge in [0.05, 0.1) is 12.1 Å². The lowest BCUT2D eigenvalue weighted by Gasteiger charge is -2.12. The standard InChI is InChI=1S/C27H24N4O2/c1-19-6-8-20(9-7-19)14-16-29-26(32)22-12-10-21(11-13-22)18-31-25-23(4-2-15-28-25)30-17-3-5-24(30)27(31)33/h2-13,15,17H,14,16,18H2,1H3,(H,29,32). The number of hydrogen-bond donors (Lipinski definition) is 1. The summed E-state index contributed by atoms with van der Waals surface area (Å²) in [5.74, 6) is -0.104. The van der Waals surface area contributed by atoms with Crippen molar-refractivity contribution in [3.05, 3.63) is 118 Å². The Bertz CT molecular complexity index is 1500. The second kappa shape index (κ2) is 8.74. The Kier molecular flexibility index (Phi) is 5.48. The Labute approximate surface area is 191 Å². The van der Waals surface area contributed by atoms with E-state index in [9.17, 15) is 9.59 Å². The second-order valence-electron chi connectivity index (χ2n) is 8.19. The van der Waals surface area contributed by atoms with Gasteiger partial charge < -0.3 is 9.72 Å². The number of fused-ring (bicyclic) bond motifs is 3. The first-order valence-electron chi connectivity index (χ1n) is 11.0. The third-order valence-corrected chi connectivity index (χ3v) is 5.87. The zero-order valence-corrected chi connectivity index (χ0v) is 18.4. The highest BCUT2D eigenvalue weighted by Crippen LogP contribution is 2.15. The van der Waals surface area contributed by atoms with E-state index in [1.165, 1.54) is 11.1 Å². The van der Waals surface area contributed by atoms with Crippen molar-refractivity contribution in [2.75, 3.05) is 6.54 Å². The van der Waals surface area contributed by atoms with Gasteiger partial charge in [-0.05, 0) is 60.9 Å². The molecule has 0 radical (unpaired) electrons. The lowest BCUT2D eigenvalue weighted by atomic mass is 10.1. The summed E-state index contributed by atoms with van der Waals surface area (Å²) in [4.78, 5) is 30.1. The van der Waals surface area contributed by atoms with Crippen LogP contribution >= 0.6 is 0 Å². The molecule has 6 heteroatoms. The summed E-state index contributed by atoms with van der Waals surface area (Å²) >= 11 is 0. The van der Waals surface area contributed by atoms with Crippen LogP contribution in [0.1, 0.15) is 27.0 Å². The SMILES string of the molecule is Cc1ccc(CCNC(=O)c2ccc(Cn3c(=O)c4cccn4c4cccnc43)cc2)cc1. The predicted octanol–water partition coefficient (Wildman–Crippen LogP) is 3.98. The van der Waals surface area contributed by atoms with Gasteiger partial charge in [-0.15, -0.1) is 0 Å². The minimum Gasteiger partial charge on any atom is -0.352 e. The van der Waals surface area contributed by atoms with Crippen LogP contribution in [0.25, 0.3) is 16.7 Å². The molecule has 0 saturated carbocycles. The van der Waals surface area contributed by atoms with Crippen LogP contribution in [-0.4, -0.2) is 26.4 Å². The zero-order chi connectivity index (χ0) is 22.8. The molecule has 0 fully saturated rings. The first kappa shape index (κ1) is 20.7. The molecule has 1 N–H and O–H groups in total. The summed E-state index contributed by atoms with van der Waals surface area (Å²) in [6.45, 7) is 3.01. The van der Waals surface area contributed by atoms with Crippen LogP contribution in [0.2, 0.25) is 0 Å². The molecule has 0 bridgehead atoms. The lowest BCUT2D eigenvalue weighted by molar-refractivity contribution is 0.0954. The van der Waals surface area contributed by atoms with Gasteiger partial charge in [0.1, 0.15) is 5.52 Å². The molecule has 0 atom stereocenters. The van der Waals surface area contributed by atoms with E-state index in [0.29, 0.717) is 29.8 Å². The zero-order valence-electron chi connectivity index (χ0n) is 18.4. The van der Waals surface area contributed by atoms with Crippen molar-refractivity contribution in [1.82, 2.24) is 19.3 Å². The van der Waals surface area contributed by atoms with Gasteiger partial charge in [0.15, 0.2) is 5.65 Å². The van der Waals surface area contributed by atoms with Crippen molar-refractivity contribution in [3.63, 3.8) is 0 Å². The summed E-state index contributed by atoms with van der Waals surface area (Å²) in [6, 6.07) is 23.2. The van der Waals surface area contributed by atoms with Crippen molar-refractivity contribution < 1.29 is 4.79 Å². The molecular formula is C27H24N4O2. The molecule has 5 rings (SSSR count). The fourth-order valence-electron chi connectivity index (χ4n) is 4.05. The van der Waals surface area contributed by atoms with Gasteiger partial charge in [0.25, 0.3) is 11.5 Å². The first-order chi connectivity index (χ1) is 16.1. The maximum Gasteiger partial charge on any atom is 0.276 e. The highest BCUT2D eigenvalue weighted by molar-refractivity contribution is 5.94. The number of rotatable bonds is 6. The minimum atomic E-state index is -0.104. The molecular weight excluding hydrogens is 412 g/mol. The summed E-state index contributed by atoms with van der Waals surface area (Å²) < 4.78 is 3.55. The smallest absolute Gasteiger partial charge is 0.276 e. The third-order valence-electron chi connectivity index (χ3n) is 5.87. The van der Waals surface area contributed by atoms with Crippen LogP contribution < -0.4 is 10.9 Å². The number of carbonyl (C=O) groups is 1. The van der Waals surface area contributed by atoms with E-state index in [4.69, 9.17) is 0 Å². The van der Waals surface area contributed by atoms with Crippen molar-refractivity contribution in [2.45, 2.75) is 19.9 Å². The van der Waals surface area contributed by atoms with E-state index in [-0.39, 0.29) is 11.5 Å². The van der Waals surface area contributed by atoms with E-state index in [0.717, 1.165) is 17.5 Å². The molecule has 3 heterocycles. The van der Waals surface area contributed by atoms with Crippen molar-refractivity contribution >= 4 is 22.6 Å². The highest BCUT2D eigenvalue weighted by Gasteiger charge is 2.12. The van der Waals surface area contributed by atoms with Crippen LogP contribution in [0.15, 0.2) is 90.0 Å². The van der Waals surface area contributed by atoms with Crippen LogP contribution in [0, 0.1) is 6.92 Å². The first-order valence-corrected chi connectivity index (χ1v) is 11.0. The predicted molar refractivity (Wildman–Crippen MR) is 130 cm³/mol. The Morgan fingerprint density at radius 3 is 2.42 bits per heavy atom. The molecule has 0 aliphatic carbocycles. The average molecular weight is 437 g/mol. The average Bonchev–Trinajstić information content (AvgIpc) is 3.34. The second-order valence-corrected chi connectivity index (χ2v) is 8.19. The Hall–Kier alpha value is -4.19. The van der Waals surface area contributed by atoms with Gasteiger partial charge in [-0.3, -0.25) is 14.2 Å². The Morgan fingerprint density at radius 2 is 1.64 bits per heavy atom. The maximum absolute atomic E-state index is 13.1. The topological polar surface area (TPSA) is 68.4 Å². The molecule has 0 unspecified atom stereocenters. The molecule has 0 aliphatic rings. The van der Waals surface area contributed by atoms with Crippen LogP contribution in [-0.2, 0) is 13.0 Å². The summed E-state index contributed by atoms with van der Waals surface area (Å²) in [5.41, 5.74) is 5.97. The number of nitrogens with zero attached hydrogens (tertiary/aromatic N) is 3. The number of nitrogens with one attached hydrogen (secondary N) is 1. The lowest BCUT2D eigenvalue weighted by Crippen LogP contribution is -2.26. The molecule has 0 spiro atoms. The molecule has 5 aromatic rings. The highest BCUT2D eigenvalue weighted by atomic mass is 16.1. The van der Waals surface area contributed by atoms with Crippen LogP contribution in [0.3, 0.4) is 0 Å². The minimum absolute atomic E-state index is 0.0934. The molecule has 0 aliphatic heterocycles. The fourth-order valence-corrected chi connectivity index (χ4v) is 4.05. The van der Waals surface area contributed by atoms with Crippen molar-refractivity contribution in [3.8, 4) is 0 Å². The number of amides is 1. The van der Waals surface area contributed by atoms with E-state index in [1.807, 2.05) is 47.0 Å². The van der Waals surface area contributed by atoms with Gasteiger partial charge in [-0.1, -0.05) is 42.0 Å². The van der Waals surface area contributed by atoms with E-state index >= 15 is 0 Å². The summed E-state index contributed by atoms with van der Waals surface area (Å²) in [7, 11) is 0. The number of benzene rings is 2. The quantitative estimate of drug-likeness (QED) is 0.438. The van der Waals surface area contributed by atoms with Gasteiger partial charge in [-0.2, -0.15) is 0 Å². The maximum atomic E-state index is 13.1. The molecule has 3 aromatic heterocycles. The van der Waals surface area contributed by atoms with E-state index in [2.05, 4.69) is 41.5 Å². The number of aryl methyl sites for hydroxylation is 1. The van der Waals surface area contributed by atoms with E-state index < -0.39 is 0 Å². The number of carbonyl (C=O) groups excluding carboxylic acids is 1. The largest absolute Gasteiger partial charge is 0.352 e. The van der Waals surface area contributed by atoms with Crippen molar-refractivity contribution in [1.29, 1.82) is 0 Å². The summed E-state index contributed by atoms with van der Waals surface area (Å²) in [5, 5.41) is 2.97. The van der Waals surface area contributed by atoms with Gasteiger partial charge >= 0.3 is 0 Å². The molecule has 1 amide bonds. The molecule has 164 valence electrons. The molecule has 6 nitrogen and oxygen atoms in total.